The van der Waals surface area contributed by atoms with Crippen LogP contribution in [0.3, 0.4) is 0 Å². The van der Waals surface area contributed by atoms with E-state index in [1.807, 2.05) is 25.1 Å². The number of aryl methyl sites for hydroxylation is 1. The molecule has 1 amide bonds. The zero-order valence-corrected chi connectivity index (χ0v) is 18.5. The molecule has 2 aromatic carbocycles. The normalized spacial score (nSPS) is 16.5. The Bertz CT molecular complexity index is 1050. The molecule has 1 unspecified atom stereocenters. The highest BCUT2D eigenvalue weighted by Gasteiger charge is 2.29. The average Bonchev–Trinajstić information content (AvgIpc) is 3.04. The maximum atomic E-state index is 12.7. The van der Waals surface area contributed by atoms with Gasteiger partial charge >= 0.3 is 0 Å². The van der Waals surface area contributed by atoms with E-state index < -0.39 is 22.0 Å². The third-order valence-corrected chi connectivity index (χ3v) is 7.05. The minimum absolute atomic E-state index is 0.0925. The third-order valence-electron chi connectivity index (χ3n) is 5.18. The summed E-state index contributed by atoms with van der Waals surface area (Å²) in [5.74, 6) is 0.466. The highest BCUT2D eigenvalue weighted by Crippen LogP contribution is 2.32. The first-order chi connectivity index (χ1) is 14.1. The quantitative estimate of drug-likeness (QED) is 0.678. The van der Waals surface area contributed by atoms with E-state index in [4.69, 9.17) is 4.74 Å². The summed E-state index contributed by atoms with van der Waals surface area (Å²) < 4.78 is 31.5. The average molecular weight is 433 g/mol. The van der Waals surface area contributed by atoms with Gasteiger partial charge in [0.25, 0.3) is 5.91 Å². The van der Waals surface area contributed by atoms with Gasteiger partial charge in [0, 0.05) is 6.54 Å². The summed E-state index contributed by atoms with van der Waals surface area (Å²) in [5, 5.41) is 12.8. The lowest BCUT2D eigenvalue weighted by molar-refractivity contribution is -0.122. The molecule has 0 aliphatic carbocycles. The number of benzene rings is 2. The van der Waals surface area contributed by atoms with Crippen LogP contribution in [-0.2, 0) is 14.8 Å². The molecule has 1 aliphatic rings. The lowest BCUT2D eigenvalue weighted by atomic mass is 10.0. The summed E-state index contributed by atoms with van der Waals surface area (Å²) in [7, 11) is -3.36. The van der Waals surface area contributed by atoms with Gasteiger partial charge in [-0.05, 0) is 61.6 Å². The van der Waals surface area contributed by atoms with Crippen LogP contribution in [0.1, 0.15) is 44.2 Å². The Labute approximate surface area is 177 Å². The van der Waals surface area contributed by atoms with Crippen molar-refractivity contribution in [3.63, 3.8) is 0 Å². The van der Waals surface area contributed by atoms with Crippen molar-refractivity contribution in [3.8, 4) is 11.5 Å². The Kier molecular flexibility index (Phi) is 6.26. The van der Waals surface area contributed by atoms with Gasteiger partial charge in [0.1, 0.15) is 11.5 Å². The van der Waals surface area contributed by atoms with E-state index in [0.717, 1.165) is 11.1 Å². The van der Waals surface area contributed by atoms with E-state index >= 15 is 0 Å². The predicted octanol–water partition coefficient (Wildman–Crippen LogP) is 3.77. The number of phenolic OH excluding ortho intramolecular Hbond substituents is 1. The largest absolute Gasteiger partial charge is 0.506 e. The number of carbonyl (C=O) groups excluding carboxylic acids is 1. The molecule has 0 bridgehead atoms. The molecule has 3 rings (SSSR count). The third kappa shape index (κ3) is 4.70. The topological polar surface area (TPSA) is 95.9 Å². The molecule has 0 saturated carbocycles. The first kappa shape index (κ1) is 22.0. The van der Waals surface area contributed by atoms with Gasteiger partial charge in [-0.25, -0.2) is 8.42 Å². The van der Waals surface area contributed by atoms with Crippen molar-refractivity contribution >= 4 is 27.3 Å². The van der Waals surface area contributed by atoms with Gasteiger partial charge in [-0.3, -0.25) is 9.10 Å². The van der Waals surface area contributed by atoms with Crippen LogP contribution < -0.4 is 14.4 Å². The van der Waals surface area contributed by atoms with Gasteiger partial charge in [-0.2, -0.15) is 0 Å². The number of hydrogen-bond acceptors (Lipinski definition) is 5. The first-order valence-corrected chi connectivity index (χ1v) is 11.6. The second-order valence-corrected chi connectivity index (χ2v) is 9.88. The van der Waals surface area contributed by atoms with Crippen LogP contribution in [0.4, 0.5) is 11.4 Å². The lowest BCUT2D eigenvalue weighted by Gasteiger charge is -2.20. The van der Waals surface area contributed by atoms with Crippen molar-refractivity contribution in [3.05, 3.63) is 47.5 Å². The van der Waals surface area contributed by atoms with Crippen LogP contribution in [0.15, 0.2) is 36.4 Å². The molecular weight excluding hydrogens is 404 g/mol. The summed E-state index contributed by atoms with van der Waals surface area (Å²) in [5.41, 5.74) is 2.58. The molecule has 8 heteroatoms. The van der Waals surface area contributed by atoms with Crippen molar-refractivity contribution in [2.75, 3.05) is 21.9 Å². The Morgan fingerprint density at radius 1 is 1.17 bits per heavy atom. The highest BCUT2D eigenvalue weighted by molar-refractivity contribution is 7.93. The molecule has 1 heterocycles. The van der Waals surface area contributed by atoms with Gasteiger partial charge in [0.15, 0.2) is 6.10 Å². The van der Waals surface area contributed by atoms with Crippen LogP contribution in [0.5, 0.6) is 11.5 Å². The number of rotatable bonds is 6. The van der Waals surface area contributed by atoms with Crippen molar-refractivity contribution in [2.45, 2.75) is 46.1 Å². The second kappa shape index (κ2) is 8.55. The molecule has 0 spiro atoms. The van der Waals surface area contributed by atoms with Crippen molar-refractivity contribution in [2.24, 2.45) is 0 Å². The van der Waals surface area contributed by atoms with Gasteiger partial charge in [0.2, 0.25) is 10.0 Å². The number of aromatic hydroxyl groups is 1. The SMILES string of the molecule is Cc1ccc(C(C)C)cc1OC(C)C(=O)Nc1cc(N2CCCS2(=O)=O)ccc1O. The number of nitrogens with zero attached hydrogens (tertiary/aromatic N) is 1. The summed E-state index contributed by atoms with van der Waals surface area (Å²) >= 11 is 0. The van der Waals surface area contributed by atoms with E-state index in [1.165, 1.54) is 22.5 Å². The van der Waals surface area contributed by atoms with Crippen molar-refractivity contribution in [1.82, 2.24) is 0 Å². The molecule has 1 aliphatic heterocycles. The maximum Gasteiger partial charge on any atom is 0.265 e. The number of anilines is 2. The number of nitrogens with one attached hydrogen (secondary N) is 1. The summed E-state index contributed by atoms with van der Waals surface area (Å²) in [6.45, 7) is 8.09. The number of sulfonamides is 1. The monoisotopic (exact) mass is 432 g/mol. The number of amides is 1. The van der Waals surface area contributed by atoms with Crippen LogP contribution in [0.25, 0.3) is 0 Å². The Morgan fingerprint density at radius 3 is 2.53 bits per heavy atom. The fourth-order valence-electron chi connectivity index (χ4n) is 3.29. The molecular formula is C22H28N2O5S. The van der Waals surface area contributed by atoms with E-state index in [0.29, 0.717) is 30.3 Å². The molecule has 7 nitrogen and oxygen atoms in total. The summed E-state index contributed by atoms with van der Waals surface area (Å²) in [6, 6.07) is 10.3. The van der Waals surface area contributed by atoms with Crippen LogP contribution >= 0.6 is 0 Å². The zero-order chi connectivity index (χ0) is 22.1. The van der Waals surface area contributed by atoms with Crippen molar-refractivity contribution < 1.29 is 23.1 Å². The van der Waals surface area contributed by atoms with E-state index in [2.05, 4.69) is 19.2 Å². The minimum atomic E-state index is -3.36. The number of phenols is 1. The van der Waals surface area contributed by atoms with E-state index in [-0.39, 0.29) is 17.2 Å². The molecule has 1 saturated heterocycles. The van der Waals surface area contributed by atoms with E-state index in [1.54, 1.807) is 6.92 Å². The second-order valence-electron chi connectivity index (χ2n) is 7.87. The lowest BCUT2D eigenvalue weighted by Crippen LogP contribution is -2.30. The zero-order valence-electron chi connectivity index (χ0n) is 17.7. The van der Waals surface area contributed by atoms with Gasteiger partial charge in [-0.1, -0.05) is 26.0 Å². The van der Waals surface area contributed by atoms with Gasteiger partial charge < -0.3 is 15.2 Å². The van der Waals surface area contributed by atoms with Gasteiger partial charge in [0.05, 0.1) is 17.1 Å². The van der Waals surface area contributed by atoms with Crippen LogP contribution in [0, 0.1) is 6.92 Å². The number of carbonyl (C=O) groups is 1. The van der Waals surface area contributed by atoms with Gasteiger partial charge in [-0.15, -0.1) is 0 Å². The fraction of sp³-hybridized carbons (Fsp3) is 0.409. The summed E-state index contributed by atoms with van der Waals surface area (Å²) in [6.07, 6.45) is -0.269. The molecule has 2 aromatic rings. The molecule has 1 atom stereocenters. The standard InChI is InChI=1S/C22H28N2O5S/c1-14(2)17-7-6-15(3)21(12-17)29-16(4)22(26)23-19-13-18(8-9-20(19)25)24-10-5-11-30(24,27)28/h6-9,12-14,16,25H,5,10-11H2,1-4H3,(H,23,26). The molecule has 30 heavy (non-hydrogen) atoms. The Balaban J connectivity index is 1.76. The molecule has 162 valence electrons. The van der Waals surface area contributed by atoms with E-state index in [9.17, 15) is 18.3 Å². The van der Waals surface area contributed by atoms with Crippen LogP contribution in [-0.4, -0.2) is 37.8 Å². The smallest absolute Gasteiger partial charge is 0.265 e. The van der Waals surface area contributed by atoms with Crippen LogP contribution in [0.2, 0.25) is 0 Å². The summed E-state index contributed by atoms with van der Waals surface area (Å²) in [4.78, 5) is 12.7. The molecule has 1 fully saturated rings. The maximum absolute atomic E-state index is 12.7. The number of ether oxygens (including phenoxy) is 1. The van der Waals surface area contributed by atoms with Crippen molar-refractivity contribution in [1.29, 1.82) is 0 Å². The Hall–Kier alpha value is -2.74. The molecule has 2 N–H and O–H groups in total. The molecule has 0 radical (unpaired) electrons. The molecule has 0 aromatic heterocycles. The predicted molar refractivity (Wildman–Crippen MR) is 118 cm³/mol. The Morgan fingerprint density at radius 2 is 1.90 bits per heavy atom. The highest BCUT2D eigenvalue weighted by atomic mass is 32.2. The number of hydrogen-bond donors (Lipinski definition) is 2. The first-order valence-electron chi connectivity index (χ1n) is 10.00. The minimum Gasteiger partial charge on any atom is -0.506 e. The fourth-order valence-corrected chi connectivity index (χ4v) is 4.85.